The van der Waals surface area contributed by atoms with E-state index in [1.54, 1.807) is 24.8 Å². The number of aromatic nitrogens is 4. The molecule has 7 N–H and O–H groups in total. The lowest BCUT2D eigenvalue weighted by Gasteiger charge is -2.45. The first-order valence-electron chi connectivity index (χ1n) is 21.1. The maximum atomic E-state index is 13.4. The molecule has 0 unspecified atom stereocenters. The minimum atomic E-state index is -0.420. The smallest absolute Gasteiger partial charge is 0.274 e. The first-order chi connectivity index (χ1) is 30.1. The van der Waals surface area contributed by atoms with Gasteiger partial charge in [-0.1, -0.05) is 35.9 Å². The van der Waals surface area contributed by atoms with Crippen molar-refractivity contribution in [2.75, 3.05) is 63.9 Å². The van der Waals surface area contributed by atoms with E-state index in [2.05, 4.69) is 35.9 Å². The Kier molecular flexibility index (Phi) is 16.8. The minimum Gasteiger partial charge on any atom is -0.484 e. The first-order valence-corrected chi connectivity index (χ1v) is 21.5. The molecule has 1 aliphatic heterocycles. The van der Waals surface area contributed by atoms with Crippen molar-refractivity contribution in [1.29, 1.82) is 0 Å². The SMILES string of the molecule is Nc1nc(N)c(C(=O)N[C@H]2CCC[N+](CCCc3ccc(OCC(=O)NCCc4ccncc4)cc3)(CCCc3ccc(OCC(=O)NCCc4ccncc4)cc3)C2)nc1Cl. The number of halogens is 1. The standard InChI is InChI=1S/C46H55ClN10O5/c47-43-45(49)56-44(48)42(55-43)46(60)54-37-6-3-29-57(30-37,27-1-4-33-7-11-38(12-8-33)61-31-40(58)52-25-19-35-15-21-50-22-16-35)28-2-5-34-9-13-39(14-10-34)62-32-41(59)53-26-20-36-17-23-51-24-18-36/h7-18,21-24,37H,1-6,19-20,25-32H2,(H6-,48,49,52,53,54,56,58,59,60)/p+1/t37-/m0/s1. The van der Waals surface area contributed by atoms with Crippen LogP contribution in [0.1, 0.15) is 58.4 Å². The number of nitrogen functional groups attached to an aromatic ring is 2. The lowest BCUT2D eigenvalue weighted by molar-refractivity contribution is -0.933. The topological polar surface area (TPSA) is 209 Å². The number of anilines is 2. The minimum absolute atomic E-state index is 0.0229. The van der Waals surface area contributed by atoms with Crippen LogP contribution in [0.15, 0.2) is 97.6 Å². The summed E-state index contributed by atoms with van der Waals surface area (Å²) in [7, 11) is 0. The number of nitrogens with zero attached hydrogens (tertiary/aromatic N) is 5. The summed E-state index contributed by atoms with van der Waals surface area (Å²) < 4.78 is 12.4. The van der Waals surface area contributed by atoms with Crippen LogP contribution in [0.5, 0.6) is 11.5 Å². The number of aryl methyl sites for hydroxylation is 2. The quantitative estimate of drug-likeness (QED) is 0.0611. The Morgan fingerprint density at radius 2 is 1.15 bits per heavy atom. The van der Waals surface area contributed by atoms with Gasteiger partial charge in [-0.05, 0) is 109 Å². The Morgan fingerprint density at radius 1 is 0.661 bits per heavy atom. The summed E-state index contributed by atoms with van der Waals surface area (Å²) >= 11 is 6.09. The third-order valence-corrected chi connectivity index (χ3v) is 11.3. The number of amides is 3. The Morgan fingerprint density at radius 3 is 1.65 bits per heavy atom. The fourth-order valence-electron chi connectivity index (χ4n) is 7.75. The molecule has 62 heavy (non-hydrogen) atoms. The summed E-state index contributed by atoms with van der Waals surface area (Å²) in [6.45, 7) is 4.56. The number of hydrogen-bond donors (Lipinski definition) is 5. The number of pyridine rings is 2. The number of nitrogens with two attached hydrogens (primary N) is 2. The van der Waals surface area contributed by atoms with Crippen molar-refractivity contribution in [3.05, 3.63) is 131 Å². The van der Waals surface area contributed by atoms with Crippen LogP contribution in [0.4, 0.5) is 11.6 Å². The van der Waals surface area contributed by atoms with Gasteiger partial charge < -0.3 is 41.4 Å². The number of benzene rings is 2. The van der Waals surface area contributed by atoms with Gasteiger partial charge in [-0.15, -0.1) is 0 Å². The molecule has 1 fully saturated rings. The van der Waals surface area contributed by atoms with Crippen LogP contribution in [0, 0.1) is 0 Å². The van der Waals surface area contributed by atoms with Crippen molar-refractivity contribution in [1.82, 2.24) is 35.9 Å². The monoisotopic (exact) mass is 863 g/mol. The summed E-state index contributed by atoms with van der Waals surface area (Å²) in [6, 6.07) is 23.5. The molecule has 1 saturated heterocycles. The van der Waals surface area contributed by atoms with Gasteiger partial charge in [0, 0.05) is 50.7 Å². The van der Waals surface area contributed by atoms with E-state index in [4.69, 9.17) is 32.5 Å². The zero-order valence-electron chi connectivity index (χ0n) is 34.9. The highest BCUT2D eigenvalue weighted by Crippen LogP contribution is 2.25. The van der Waals surface area contributed by atoms with E-state index in [9.17, 15) is 14.4 Å². The lowest BCUT2D eigenvalue weighted by Crippen LogP contribution is -2.60. The second-order valence-corrected chi connectivity index (χ2v) is 16.0. The Labute approximate surface area is 367 Å². The summed E-state index contributed by atoms with van der Waals surface area (Å²) in [5.74, 6) is 0.441. The average Bonchev–Trinajstić information content (AvgIpc) is 3.28. The molecule has 15 nitrogen and oxygen atoms in total. The molecule has 3 amide bonds. The predicted octanol–water partition coefficient (Wildman–Crippen LogP) is 4.53. The molecule has 0 radical (unpaired) electrons. The maximum Gasteiger partial charge on any atom is 0.274 e. The van der Waals surface area contributed by atoms with Crippen LogP contribution in [0.3, 0.4) is 0 Å². The fraction of sp³-hybridized carbons (Fsp3) is 0.370. The van der Waals surface area contributed by atoms with E-state index in [0.29, 0.717) is 24.6 Å². The predicted molar refractivity (Wildman–Crippen MR) is 239 cm³/mol. The largest absolute Gasteiger partial charge is 0.484 e. The van der Waals surface area contributed by atoms with Gasteiger partial charge in [0.2, 0.25) is 0 Å². The molecular weight excluding hydrogens is 808 g/mol. The third-order valence-electron chi connectivity index (χ3n) is 11.0. The highest BCUT2D eigenvalue weighted by atomic mass is 35.5. The number of carbonyl (C=O) groups is 3. The molecule has 0 bridgehead atoms. The summed E-state index contributed by atoms with van der Waals surface area (Å²) in [5.41, 5.74) is 16.3. The van der Waals surface area contributed by atoms with Gasteiger partial charge in [0.05, 0.1) is 32.2 Å². The van der Waals surface area contributed by atoms with Gasteiger partial charge in [0.25, 0.3) is 17.7 Å². The normalized spacial score (nSPS) is 14.4. The summed E-state index contributed by atoms with van der Waals surface area (Å²) in [4.78, 5) is 54.2. The molecule has 6 rings (SSSR count). The van der Waals surface area contributed by atoms with Crippen molar-refractivity contribution in [3.63, 3.8) is 0 Å². The van der Waals surface area contributed by atoms with Crippen LogP contribution in [-0.2, 0) is 35.3 Å². The number of piperidine rings is 1. The molecule has 4 heterocycles. The van der Waals surface area contributed by atoms with Crippen LogP contribution >= 0.6 is 11.6 Å². The van der Waals surface area contributed by atoms with Gasteiger partial charge in [0.15, 0.2) is 35.7 Å². The second-order valence-electron chi connectivity index (χ2n) is 15.6. The summed E-state index contributed by atoms with van der Waals surface area (Å²) in [5, 5.41) is 8.89. The zero-order chi connectivity index (χ0) is 43.6. The van der Waals surface area contributed by atoms with Crippen molar-refractivity contribution in [2.24, 2.45) is 0 Å². The number of ether oxygens (including phenoxy) is 2. The first kappa shape index (κ1) is 45.2. The Hall–Kier alpha value is -6.32. The number of likely N-dealkylation sites (tertiary alicyclic amines) is 1. The van der Waals surface area contributed by atoms with E-state index in [1.165, 1.54) is 11.1 Å². The molecule has 1 aliphatic rings. The molecule has 2 aromatic carbocycles. The van der Waals surface area contributed by atoms with Gasteiger partial charge in [-0.25, -0.2) is 9.97 Å². The number of nitrogens with one attached hydrogen (secondary N) is 3. The number of rotatable bonds is 22. The highest BCUT2D eigenvalue weighted by molar-refractivity contribution is 6.31. The van der Waals surface area contributed by atoms with Crippen molar-refractivity contribution in [3.8, 4) is 11.5 Å². The van der Waals surface area contributed by atoms with Gasteiger partial charge in [-0.3, -0.25) is 24.4 Å². The molecule has 1 atom stereocenters. The van der Waals surface area contributed by atoms with Gasteiger partial charge in [0.1, 0.15) is 11.5 Å². The van der Waals surface area contributed by atoms with E-state index < -0.39 is 5.91 Å². The number of carbonyl (C=O) groups excluding carboxylic acids is 3. The molecule has 3 aromatic heterocycles. The molecular formula is C46H56ClN10O5+. The van der Waals surface area contributed by atoms with Crippen molar-refractivity contribution in [2.45, 2.75) is 57.4 Å². The van der Waals surface area contributed by atoms with Gasteiger partial charge >= 0.3 is 0 Å². The maximum absolute atomic E-state index is 13.4. The zero-order valence-corrected chi connectivity index (χ0v) is 35.7. The number of quaternary nitrogens is 1. The van der Waals surface area contributed by atoms with Crippen molar-refractivity contribution >= 4 is 41.0 Å². The number of hydrogen-bond acceptors (Lipinski definition) is 11. The van der Waals surface area contributed by atoms with Crippen LogP contribution < -0.4 is 36.9 Å². The molecule has 0 saturated carbocycles. The Balaban J connectivity index is 0.992. The Bertz CT molecular complexity index is 2090. The fourth-order valence-corrected chi connectivity index (χ4v) is 7.88. The van der Waals surface area contributed by atoms with Gasteiger partial charge in [-0.2, -0.15) is 0 Å². The summed E-state index contributed by atoms with van der Waals surface area (Å²) in [6.07, 6.45) is 13.8. The van der Waals surface area contributed by atoms with E-state index in [-0.39, 0.29) is 53.6 Å². The highest BCUT2D eigenvalue weighted by Gasteiger charge is 2.35. The third kappa shape index (κ3) is 14.4. The second kappa shape index (κ2) is 23.0. The lowest BCUT2D eigenvalue weighted by atomic mass is 9.99. The van der Waals surface area contributed by atoms with Crippen molar-refractivity contribution < 1.29 is 28.3 Å². The molecule has 326 valence electrons. The molecule has 0 aliphatic carbocycles. The van der Waals surface area contributed by atoms with Crippen LogP contribution in [0.25, 0.3) is 0 Å². The molecule has 5 aromatic rings. The average molecular weight is 864 g/mol. The van der Waals surface area contributed by atoms with Crippen LogP contribution in [-0.4, -0.2) is 101 Å². The molecule has 0 spiro atoms. The van der Waals surface area contributed by atoms with Crippen LogP contribution in [0.2, 0.25) is 5.15 Å². The van der Waals surface area contributed by atoms with E-state index >= 15 is 0 Å². The van der Waals surface area contributed by atoms with E-state index in [1.807, 2.05) is 72.8 Å². The molecule has 16 heteroatoms. The van der Waals surface area contributed by atoms with E-state index in [0.717, 1.165) is 93.2 Å².